The molecule has 2 unspecified atom stereocenters. The van der Waals surface area contributed by atoms with Crippen LogP contribution in [0.15, 0.2) is 0 Å². The summed E-state index contributed by atoms with van der Waals surface area (Å²) in [6.45, 7) is 5.78. The molecule has 96 valence electrons. The molecule has 1 rings (SSSR count). The second kappa shape index (κ2) is 8.97. The van der Waals surface area contributed by atoms with Gasteiger partial charge in [-0.25, -0.2) is 0 Å². The van der Waals surface area contributed by atoms with Crippen molar-refractivity contribution < 1.29 is 9.47 Å². The molecule has 0 spiro atoms. The van der Waals surface area contributed by atoms with Gasteiger partial charge in [0.1, 0.15) is 0 Å². The Morgan fingerprint density at radius 1 is 1.38 bits per heavy atom. The zero-order chi connectivity index (χ0) is 11.6. The normalized spacial score (nSPS) is 22.5. The van der Waals surface area contributed by atoms with Crippen LogP contribution >= 0.6 is 0 Å². The van der Waals surface area contributed by atoms with Crippen molar-refractivity contribution >= 4 is 0 Å². The zero-order valence-electron chi connectivity index (χ0n) is 10.8. The van der Waals surface area contributed by atoms with Crippen molar-refractivity contribution in [1.29, 1.82) is 0 Å². The monoisotopic (exact) mass is 229 g/mol. The zero-order valence-corrected chi connectivity index (χ0v) is 10.8. The van der Waals surface area contributed by atoms with Gasteiger partial charge in [0, 0.05) is 25.2 Å². The summed E-state index contributed by atoms with van der Waals surface area (Å²) in [6.07, 6.45) is 6.29. The molecule has 0 aliphatic carbocycles. The summed E-state index contributed by atoms with van der Waals surface area (Å²) in [5.74, 6) is 0.639. The minimum absolute atomic E-state index is 0.466. The van der Waals surface area contributed by atoms with Crippen LogP contribution in [0.4, 0.5) is 0 Å². The first-order valence-electron chi connectivity index (χ1n) is 6.71. The smallest absolute Gasteiger partial charge is 0.0623 e. The molecule has 1 N–H and O–H groups in total. The molecule has 1 saturated heterocycles. The summed E-state index contributed by atoms with van der Waals surface area (Å²) in [7, 11) is 2.02. The Balaban J connectivity index is 2.00. The summed E-state index contributed by atoms with van der Waals surface area (Å²) in [4.78, 5) is 0. The number of hydrogen-bond acceptors (Lipinski definition) is 3. The van der Waals surface area contributed by atoms with Gasteiger partial charge in [0.15, 0.2) is 0 Å². The van der Waals surface area contributed by atoms with Crippen LogP contribution in [-0.2, 0) is 9.47 Å². The SMILES string of the molecule is CCCCCCOCC(NC)C1CCOC1. The van der Waals surface area contributed by atoms with E-state index in [-0.39, 0.29) is 0 Å². The van der Waals surface area contributed by atoms with Crippen LogP contribution in [0.5, 0.6) is 0 Å². The predicted octanol–water partition coefficient (Wildman–Crippen LogP) is 2.21. The van der Waals surface area contributed by atoms with E-state index in [9.17, 15) is 0 Å². The van der Waals surface area contributed by atoms with Crippen LogP contribution in [0.1, 0.15) is 39.0 Å². The fourth-order valence-corrected chi connectivity index (χ4v) is 2.17. The van der Waals surface area contributed by atoms with Crippen molar-refractivity contribution in [3.63, 3.8) is 0 Å². The lowest BCUT2D eigenvalue weighted by Crippen LogP contribution is -2.38. The third-order valence-corrected chi connectivity index (χ3v) is 3.34. The summed E-state index contributed by atoms with van der Waals surface area (Å²) in [6, 6.07) is 0.466. The van der Waals surface area contributed by atoms with Crippen LogP contribution in [0.25, 0.3) is 0 Å². The quantitative estimate of drug-likeness (QED) is 0.615. The highest BCUT2D eigenvalue weighted by atomic mass is 16.5. The maximum Gasteiger partial charge on any atom is 0.0623 e. The topological polar surface area (TPSA) is 30.5 Å². The number of hydrogen-bond donors (Lipinski definition) is 1. The van der Waals surface area contributed by atoms with E-state index in [0.29, 0.717) is 12.0 Å². The molecule has 2 atom stereocenters. The van der Waals surface area contributed by atoms with Gasteiger partial charge in [-0.15, -0.1) is 0 Å². The molecule has 3 heteroatoms. The minimum Gasteiger partial charge on any atom is -0.381 e. The lowest BCUT2D eigenvalue weighted by Gasteiger charge is -2.21. The van der Waals surface area contributed by atoms with Gasteiger partial charge in [-0.1, -0.05) is 26.2 Å². The molecule has 1 aliphatic rings. The summed E-state index contributed by atoms with van der Waals surface area (Å²) < 4.78 is 11.1. The molecule has 0 aromatic heterocycles. The number of unbranched alkanes of at least 4 members (excludes halogenated alkanes) is 3. The second-order valence-corrected chi connectivity index (χ2v) is 4.65. The average Bonchev–Trinajstić information content (AvgIpc) is 2.82. The van der Waals surface area contributed by atoms with Crippen LogP contribution in [0.3, 0.4) is 0 Å². The maximum absolute atomic E-state index is 5.73. The Morgan fingerprint density at radius 2 is 2.25 bits per heavy atom. The Labute approximate surface area is 99.9 Å². The van der Waals surface area contributed by atoms with Crippen molar-refractivity contribution in [2.24, 2.45) is 5.92 Å². The van der Waals surface area contributed by atoms with E-state index in [1.807, 2.05) is 7.05 Å². The standard InChI is InChI=1S/C13H27NO2/c1-3-4-5-6-8-15-11-13(14-2)12-7-9-16-10-12/h12-14H,3-11H2,1-2H3. The van der Waals surface area contributed by atoms with Gasteiger partial charge >= 0.3 is 0 Å². The Hall–Kier alpha value is -0.120. The first kappa shape index (κ1) is 13.9. The molecule has 1 fully saturated rings. The molecule has 0 amide bonds. The molecule has 0 bridgehead atoms. The number of rotatable bonds is 9. The van der Waals surface area contributed by atoms with Gasteiger partial charge in [0.25, 0.3) is 0 Å². The second-order valence-electron chi connectivity index (χ2n) is 4.65. The lowest BCUT2D eigenvalue weighted by molar-refractivity contribution is 0.0871. The Morgan fingerprint density at radius 3 is 2.88 bits per heavy atom. The molecule has 0 radical (unpaired) electrons. The van der Waals surface area contributed by atoms with E-state index >= 15 is 0 Å². The minimum atomic E-state index is 0.466. The highest BCUT2D eigenvalue weighted by Gasteiger charge is 2.24. The van der Waals surface area contributed by atoms with Crippen LogP contribution in [-0.4, -0.2) is 39.5 Å². The van der Waals surface area contributed by atoms with E-state index in [1.54, 1.807) is 0 Å². The average molecular weight is 229 g/mol. The number of likely N-dealkylation sites (N-methyl/N-ethyl adjacent to an activating group) is 1. The fourth-order valence-electron chi connectivity index (χ4n) is 2.17. The van der Waals surface area contributed by atoms with Crippen LogP contribution in [0.2, 0.25) is 0 Å². The lowest BCUT2D eigenvalue weighted by atomic mass is 10.00. The van der Waals surface area contributed by atoms with Gasteiger partial charge in [-0.3, -0.25) is 0 Å². The molecular weight excluding hydrogens is 202 g/mol. The van der Waals surface area contributed by atoms with Gasteiger partial charge < -0.3 is 14.8 Å². The van der Waals surface area contributed by atoms with Gasteiger partial charge in [0.2, 0.25) is 0 Å². The number of nitrogens with one attached hydrogen (secondary N) is 1. The highest BCUT2D eigenvalue weighted by Crippen LogP contribution is 2.16. The predicted molar refractivity (Wildman–Crippen MR) is 66.7 cm³/mol. The molecule has 3 nitrogen and oxygen atoms in total. The van der Waals surface area contributed by atoms with Crippen molar-refractivity contribution in [3.8, 4) is 0 Å². The summed E-state index contributed by atoms with van der Waals surface area (Å²) >= 11 is 0. The molecular formula is C13H27NO2. The Kier molecular flexibility index (Phi) is 7.81. The van der Waals surface area contributed by atoms with Crippen molar-refractivity contribution in [2.45, 2.75) is 45.1 Å². The van der Waals surface area contributed by atoms with Crippen LogP contribution in [0, 0.1) is 5.92 Å². The first-order chi connectivity index (χ1) is 7.88. The van der Waals surface area contributed by atoms with Gasteiger partial charge in [0.05, 0.1) is 13.2 Å². The fraction of sp³-hybridized carbons (Fsp3) is 1.00. The molecule has 0 aromatic rings. The van der Waals surface area contributed by atoms with Crippen molar-refractivity contribution in [2.75, 3.05) is 33.5 Å². The van der Waals surface area contributed by atoms with E-state index in [4.69, 9.17) is 9.47 Å². The van der Waals surface area contributed by atoms with E-state index < -0.39 is 0 Å². The molecule has 16 heavy (non-hydrogen) atoms. The molecule has 1 heterocycles. The van der Waals surface area contributed by atoms with Crippen molar-refractivity contribution in [3.05, 3.63) is 0 Å². The maximum atomic E-state index is 5.73. The highest BCUT2D eigenvalue weighted by molar-refractivity contribution is 4.77. The summed E-state index contributed by atoms with van der Waals surface area (Å²) in [5.41, 5.74) is 0. The van der Waals surface area contributed by atoms with Crippen molar-refractivity contribution in [1.82, 2.24) is 5.32 Å². The largest absolute Gasteiger partial charge is 0.381 e. The molecule has 0 saturated carbocycles. The van der Waals surface area contributed by atoms with Crippen LogP contribution < -0.4 is 5.32 Å². The Bertz CT molecular complexity index is 158. The van der Waals surface area contributed by atoms with Gasteiger partial charge in [-0.2, -0.15) is 0 Å². The third kappa shape index (κ3) is 5.28. The molecule has 1 aliphatic heterocycles. The molecule has 0 aromatic carbocycles. The third-order valence-electron chi connectivity index (χ3n) is 3.34. The first-order valence-corrected chi connectivity index (χ1v) is 6.71. The summed E-state index contributed by atoms with van der Waals surface area (Å²) in [5, 5.41) is 3.34. The van der Waals surface area contributed by atoms with E-state index in [0.717, 1.165) is 26.4 Å². The van der Waals surface area contributed by atoms with Gasteiger partial charge in [-0.05, 0) is 19.9 Å². The van der Waals surface area contributed by atoms with E-state index in [2.05, 4.69) is 12.2 Å². The number of ether oxygens (including phenoxy) is 2. The van der Waals surface area contributed by atoms with E-state index in [1.165, 1.54) is 32.1 Å².